The molecule has 1 saturated heterocycles. The molecule has 3 aromatic rings. The van der Waals surface area contributed by atoms with Crippen molar-refractivity contribution in [1.29, 1.82) is 0 Å². The van der Waals surface area contributed by atoms with Crippen LogP contribution in [0.3, 0.4) is 0 Å². The molecule has 0 saturated carbocycles. The zero-order valence-electron chi connectivity index (χ0n) is 20.1. The molecule has 1 amide bonds. The maximum absolute atomic E-state index is 14.3. The highest BCUT2D eigenvalue weighted by Gasteiger charge is 2.32. The smallest absolute Gasteiger partial charge is 0.260 e. The Kier molecular flexibility index (Phi) is 8.29. The number of thiazole rings is 1. The van der Waals surface area contributed by atoms with Gasteiger partial charge < -0.3 is 19.2 Å². The first-order chi connectivity index (χ1) is 18.3. The topological polar surface area (TPSA) is 86.1 Å². The van der Waals surface area contributed by atoms with Gasteiger partial charge in [0.1, 0.15) is 5.71 Å². The van der Waals surface area contributed by atoms with Crippen molar-refractivity contribution in [3.8, 4) is 11.6 Å². The van der Waals surface area contributed by atoms with Crippen molar-refractivity contribution in [2.75, 3.05) is 26.8 Å². The number of likely N-dealkylation sites (tertiary alicyclic amines) is 1. The molecule has 0 radical (unpaired) electrons. The van der Waals surface area contributed by atoms with Gasteiger partial charge in [-0.15, -0.1) is 11.3 Å². The van der Waals surface area contributed by atoms with Gasteiger partial charge in [-0.05, 0) is 47.6 Å². The van der Waals surface area contributed by atoms with Crippen LogP contribution in [-0.4, -0.2) is 53.3 Å². The Morgan fingerprint density at radius 2 is 2.11 bits per heavy atom. The molecular formula is C25H22ClF2IN4O4S. The summed E-state index contributed by atoms with van der Waals surface area (Å²) in [6.07, 6.45) is 2.61. The first-order valence-corrected chi connectivity index (χ1v) is 14.1. The summed E-state index contributed by atoms with van der Waals surface area (Å²) in [7, 11) is 1.50. The molecule has 13 heteroatoms. The van der Waals surface area contributed by atoms with E-state index in [1.807, 2.05) is 5.38 Å². The summed E-state index contributed by atoms with van der Waals surface area (Å²) in [5, 5.41) is 6.98. The highest BCUT2D eigenvalue weighted by atomic mass is 127. The van der Waals surface area contributed by atoms with Gasteiger partial charge in [0.2, 0.25) is 0 Å². The number of amides is 1. The van der Waals surface area contributed by atoms with E-state index >= 15 is 0 Å². The number of ether oxygens (including phenoxy) is 2. The van der Waals surface area contributed by atoms with Gasteiger partial charge in [-0.3, -0.25) is 4.79 Å². The minimum atomic E-state index is -1.03. The number of halogens is 4. The third-order valence-electron chi connectivity index (χ3n) is 6.41. The lowest BCUT2D eigenvalue weighted by molar-refractivity contribution is -0.134. The predicted molar refractivity (Wildman–Crippen MR) is 146 cm³/mol. The third-order valence-corrected chi connectivity index (χ3v) is 8.34. The van der Waals surface area contributed by atoms with Gasteiger partial charge in [-0.2, -0.15) is 0 Å². The van der Waals surface area contributed by atoms with Crippen molar-refractivity contribution in [2.45, 2.75) is 31.3 Å². The summed E-state index contributed by atoms with van der Waals surface area (Å²) in [6.45, 7) is 1.08. The summed E-state index contributed by atoms with van der Waals surface area (Å²) in [4.78, 5) is 28.8. The van der Waals surface area contributed by atoms with Crippen LogP contribution in [-0.2, 0) is 9.63 Å². The number of hydrogen-bond acceptors (Lipinski definition) is 8. The summed E-state index contributed by atoms with van der Waals surface area (Å²) >= 11 is 9.72. The van der Waals surface area contributed by atoms with Crippen LogP contribution in [0, 0.1) is 15.2 Å². The average molecular weight is 675 g/mol. The van der Waals surface area contributed by atoms with E-state index in [0.29, 0.717) is 36.1 Å². The number of methoxy groups -OCH3 is 1. The number of carbonyl (C=O) groups excluding carboxylic acids is 1. The molecule has 1 fully saturated rings. The summed E-state index contributed by atoms with van der Waals surface area (Å²) in [5.74, 6) is -1.14. The largest absolute Gasteiger partial charge is 0.478 e. The summed E-state index contributed by atoms with van der Waals surface area (Å²) in [6, 6.07) is 4.06. The van der Waals surface area contributed by atoms with E-state index in [-0.39, 0.29) is 35.4 Å². The first kappa shape index (κ1) is 27.0. The molecule has 0 N–H and O–H groups in total. The molecule has 38 heavy (non-hydrogen) atoms. The third kappa shape index (κ3) is 5.71. The maximum atomic E-state index is 14.3. The van der Waals surface area contributed by atoms with Crippen molar-refractivity contribution in [1.82, 2.24) is 14.9 Å². The zero-order chi connectivity index (χ0) is 26.8. The molecule has 1 aromatic carbocycles. The van der Waals surface area contributed by atoms with Crippen molar-refractivity contribution >= 4 is 57.1 Å². The number of nitrogens with zero attached hydrogens (tertiary/aromatic N) is 4. The fourth-order valence-electron chi connectivity index (χ4n) is 4.40. The second-order valence-electron chi connectivity index (χ2n) is 8.77. The number of oxime groups is 1. The van der Waals surface area contributed by atoms with Gasteiger partial charge in [-0.25, -0.2) is 18.7 Å². The van der Waals surface area contributed by atoms with Gasteiger partial charge >= 0.3 is 0 Å². The molecule has 5 rings (SSSR count). The van der Waals surface area contributed by atoms with E-state index < -0.39 is 17.7 Å². The SMILES string of the molecule is COc1ncc(I)cc1OCC(=O)N1CCC(c2nc(C3=NOC(c4c(Cl)ccc(F)c4F)C3)cs2)CC1. The molecule has 1 atom stereocenters. The van der Waals surface area contributed by atoms with E-state index in [9.17, 15) is 13.6 Å². The van der Waals surface area contributed by atoms with Crippen molar-refractivity contribution in [3.63, 3.8) is 0 Å². The lowest BCUT2D eigenvalue weighted by Crippen LogP contribution is -2.40. The van der Waals surface area contributed by atoms with Crippen molar-refractivity contribution in [2.24, 2.45) is 5.16 Å². The Hall–Kier alpha value is -2.58. The minimum absolute atomic E-state index is 0.0430. The van der Waals surface area contributed by atoms with Crippen LogP contribution in [0.4, 0.5) is 8.78 Å². The normalized spacial score (nSPS) is 17.8. The molecular weight excluding hydrogens is 653 g/mol. The van der Waals surface area contributed by atoms with Crippen molar-refractivity contribution < 1.29 is 27.9 Å². The monoisotopic (exact) mass is 674 g/mol. The van der Waals surface area contributed by atoms with Crippen LogP contribution >= 0.6 is 45.5 Å². The molecule has 0 aliphatic carbocycles. The van der Waals surface area contributed by atoms with Gasteiger partial charge in [-0.1, -0.05) is 16.8 Å². The molecule has 1 unspecified atom stereocenters. The van der Waals surface area contributed by atoms with E-state index in [1.54, 1.807) is 17.2 Å². The van der Waals surface area contributed by atoms with Gasteiger partial charge in [0, 0.05) is 46.6 Å². The van der Waals surface area contributed by atoms with Crippen LogP contribution < -0.4 is 9.47 Å². The summed E-state index contributed by atoms with van der Waals surface area (Å²) < 4.78 is 39.8. The Morgan fingerprint density at radius 1 is 1.32 bits per heavy atom. The van der Waals surface area contributed by atoms with Crippen LogP contribution in [0.2, 0.25) is 5.02 Å². The molecule has 8 nitrogen and oxygen atoms in total. The molecule has 2 aliphatic rings. The number of rotatable bonds is 7. The molecule has 200 valence electrons. The van der Waals surface area contributed by atoms with Crippen LogP contribution in [0.5, 0.6) is 11.6 Å². The number of aromatic nitrogens is 2. The maximum Gasteiger partial charge on any atom is 0.260 e. The number of hydrogen-bond donors (Lipinski definition) is 0. The van der Waals surface area contributed by atoms with Crippen LogP contribution in [0.25, 0.3) is 0 Å². The number of piperidine rings is 1. The van der Waals surface area contributed by atoms with Crippen LogP contribution in [0.15, 0.2) is 34.9 Å². The zero-order valence-corrected chi connectivity index (χ0v) is 23.9. The quantitative estimate of drug-likeness (QED) is 0.235. The summed E-state index contributed by atoms with van der Waals surface area (Å²) in [5.41, 5.74) is 1.16. The Bertz CT molecular complexity index is 1380. The molecule has 2 aromatic heterocycles. The predicted octanol–water partition coefficient (Wildman–Crippen LogP) is 5.73. The van der Waals surface area contributed by atoms with Gasteiger partial charge in [0.05, 0.1) is 28.4 Å². The number of pyridine rings is 1. The van der Waals surface area contributed by atoms with E-state index in [1.165, 1.54) is 24.5 Å². The van der Waals surface area contributed by atoms with Gasteiger partial charge in [0.25, 0.3) is 11.8 Å². The van der Waals surface area contributed by atoms with Crippen molar-refractivity contribution in [3.05, 3.63) is 66.3 Å². The lowest BCUT2D eigenvalue weighted by Gasteiger charge is -2.31. The minimum Gasteiger partial charge on any atom is -0.478 e. The Labute approximate surface area is 240 Å². The highest BCUT2D eigenvalue weighted by molar-refractivity contribution is 14.1. The van der Waals surface area contributed by atoms with E-state index in [0.717, 1.165) is 27.5 Å². The molecule has 4 heterocycles. The van der Waals surface area contributed by atoms with E-state index in [4.69, 9.17) is 30.9 Å². The molecule has 0 spiro atoms. The van der Waals surface area contributed by atoms with Crippen LogP contribution in [0.1, 0.15) is 47.5 Å². The second-order valence-corrected chi connectivity index (χ2v) is 11.3. The fourth-order valence-corrected chi connectivity index (χ4v) is 6.09. The fraction of sp³-hybridized carbons (Fsp3) is 0.360. The first-order valence-electron chi connectivity index (χ1n) is 11.8. The molecule has 0 bridgehead atoms. The molecule has 2 aliphatic heterocycles. The standard InChI is InChI=1S/C25H22ClF2IN4O4S/c1-35-24-20(8-14(29)10-30-24)36-11-21(34)33-6-4-13(5-7-33)25-31-18(12-38-25)17-9-19(37-32-17)22-15(26)2-3-16(27)23(22)28/h2-3,8,10,12-13,19H,4-7,9,11H2,1H3. The lowest BCUT2D eigenvalue weighted by atomic mass is 9.97. The van der Waals surface area contributed by atoms with Gasteiger partial charge in [0.15, 0.2) is 30.1 Å². The number of benzene rings is 1. The Balaban J connectivity index is 1.15. The highest BCUT2D eigenvalue weighted by Crippen LogP contribution is 2.37. The number of carbonyl (C=O) groups is 1. The van der Waals surface area contributed by atoms with E-state index in [2.05, 4.69) is 32.7 Å². The second kappa shape index (κ2) is 11.7. The average Bonchev–Trinajstić information content (AvgIpc) is 3.60. The Morgan fingerprint density at radius 3 is 2.87 bits per heavy atom.